The molecular weight excluding hydrogens is 450 g/mol. The number of carbonyl (C=O) groups excluding carboxylic acids is 1. The number of carbonyl (C=O) groups is 1. The van der Waals surface area contributed by atoms with Crippen LogP contribution in [0.2, 0.25) is 0 Å². The van der Waals surface area contributed by atoms with Gasteiger partial charge in [-0.2, -0.15) is 4.98 Å². The van der Waals surface area contributed by atoms with Crippen LogP contribution in [0.15, 0.2) is 67.4 Å². The molecule has 0 spiro atoms. The van der Waals surface area contributed by atoms with Crippen LogP contribution >= 0.6 is 11.3 Å². The Morgan fingerprint density at radius 3 is 2.88 bits per heavy atom. The maximum Gasteiger partial charge on any atom is 0.246 e. The van der Waals surface area contributed by atoms with Crippen molar-refractivity contribution in [1.82, 2.24) is 24.8 Å². The van der Waals surface area contributed by atoms with Crippen molar-refractivity contribution >= 4 is 44.5 Å². The molecule has 1 unspecified atom stereocenters. The molecule has 1 amide bonds. The third kappa shape index (κ3) is 5.12. The van der Waals surface area contributed by atoms with E-state index in [9.17, 15) is 4.79 Å². The van der Waals surface area contributed by atoms with Crippen molar-refractivity contribution < 1.29 is 9.53 Å². The van der Waals surface area contributed by atoms with Gasteiger partial charge in [0.25, 0.3) is 0 Å². The molecule has 1 fully saturated rings. The highest BCUT2D eigenvalue weighted by atomic mass is 32.1. The van der Waals surface area contributed by atoms with Crippen molar-refractivity contribution in [3.05, 3.63) is 67.4 Å². The van der Waals surface area contributed by atoms with Crippen LogP contribution in [0.4, 0.5) is 16.9 Å². The summed E-state index contributed by atoms with van der Waals surface area (Å²) in [6.45, 7) is 4.92. The molecule has 1 aliphatic heterocycles. The largest absolute Gasteiger partial charge is 0.439 e. The molecule has 4 heterocycles. The molecule has 1 atom stereocenters. The first-order valence-corrected chi connectivity index (χ1v) is 11.8. The third-order valence-corrected chi connectivity index (χ3v) is 6.21. The lowest BCUT2D eigenvalue weighted by atomic mass is 10.1. The highest BCUT2D eigenvalue weighted by Gasteiger charge is 2.22. The van der Waals surface area contributed by atoms with Crippen LogP contribution in [0.1, 0.15) is 12.8 Å². The van der Waals surface area contributed by atoms with Gasteiger partial charge in [0.15, 0.2) is 5.13 Å². The van der Waals surface area contributed by atoms with Gasteiger partial charge in [0, 0.05) is 31.4 Å². The number of aromatic nitrogens is 4. The fraction of sp³-hybridized carbons (Fsp3) is 0.208. The van der Waals surface area contributed by atoms with Crippen molar-refractivity contribution in [2.75, 3.05) is 23.7 Å². The molecule has 9 nitrogen and oxygen atoms in total. The Labute approximate surface area is 200 Å². The molecule has 5 rings (SSSR count). The van der Waals surface area contributed by atoms with E-state index in [0.29, 0.717) is 29.3 Å². The van der Waals surface area contributed by atoms with Gasteiger partial charge in [-0.05, 0) is 43.2 Å². The van der Waals surface area contributed by atoms with Gasteiger partial charge in [-0.3, -0.25) is 4.79 Å². The number of benzene rings is 1. The van der Waals surface area contributed by atoms with Crippen molar-refractivity contribution in [1.29, 1.82) is 0 Å². The summed E-state index contributed by atoms with van der Waals surface area (Å²) >= 11 is 1.42. The number of para-hydroxylation sites is 1. The average molecular weight is 474 g/mol. The predicted octanol–water partition coefficient (Wildman–Crippen LogP) is 4.61. The number of rotatable bonds is 7. The number of hydrogen-bond donors (Lipinski definition) is 2. The quantitative estimate of drug-likeness (QED) is 0.375. The molecule has 172 valence electrons. The van der Waals surface area contributed by atoms with Gasteiger partial charge in [0.05, 0.1) is 0 Å². The van der Waals surface area contributed by atoms with Crippen LogP contribution in [-0.4, -0.2) is 49.9 Å². The van der Waals surface area contributed by atoms with Gasteiger partial charge >= 0.3 is 0 Å². The highest BCUT2D eigenvalue weighted by Crippen LogP contribution is 2.29. The highest BCUT2D eigenvalue weighted by molar-refractivity contribution is 7.21. The summed E-state index contributed by atoms with van der Waals surface area (Å²) in [5, 5.41) is 7.24. The van der Waals surface area contributed by atoms with Gasteiger partial charge in [0.2, 0.25) is 17.7 Å². The zero-order chi connectivity index (χ0) is 23.3. The summed E-state index contributed by atoms with van der Waals surface area (Å²) in [5.74, 6) is 2.31. The third-order valence-electron chi connectivity index (χ3n) is 5.33. The van der Waals surface area contributed by atoms with Crippen LogP contribution in [0.5, 0.6) is 11.6 Å². The number of amides is 1. The fourth-order valence-electron chi connectivity index (χ4n) is 3.73. The first-order valence-electron chi connectivity index (χ1n) is 10.9. The molecule has 1 saturated heterocycles. The molecule has 4 aromatic rings. The minimum absolute atomic E-state index is 0.0513. The lowest BCUT2D eigenvalue weighted by Crippen LogP contribution is -2.44. The van der Waals surface area contributed by atoms with E-state index >= 15 is 0 Å². The minimum Gasteiger partial charge on any atom is -0.439 e. The number of nitrogens with zero attached hydrogens (tertiary/aromatic N) is 5. The van der Waals surface area contributed by atoms with Crippen LogP contribution in [0.25, 0.3) is 10.3 Å². The van der Waals surface area contributed by atoms with E-state index in [1.54, 1.807) is 23.2 Å². The molecule has 3 aromatic heterocycles. The van der Waals surface area contributed by atoms with Gasteiger partial charge in [-0.15, -0.1) is 0 Å². The Kier molecular flexibility index (Phi) is 6.30. The van der Waals surface area contributed by atoms with E-state index in [1.165, 1.54) is 17.4 Å². The molecule has 0 aliphatic carbocycles. The van der Waals surface area contributed by atoms with E-state index in [1.807, 2.05) is 36.4 Å². The molecule has 2 N–H and O–H groups in total. The van der Waals surface area contributed by atoms with E-state index in [2.05, 4.69) is 37.1 Å². The first kappa shape index (κ1) is 21.8. The van der Waals surface area contributed by atoms with E-state index in [4.69, 9.17) is 4.74 Å². The van der Waals surface area contributed by atoms with Gasteiger partial charge < -0.3 is 20.3 Å². The van der Waals surface area contributed by atoms with Crippen molar-refractivity contribution in [2.45, 2.75) is 18.9 Å². The van der Waals surface area contributed by atoms with Gasteiger partial charge in [-0.1, -0.05) is 36.1 Å². The number of ether oxygens (including phenoxy) is 1. The van der Waals surface area contributed by atoms with Crippen LogP contribution in [-0.2, 0) is 4.79 Å². The Balaban J connectivity index is 1.26. The number of likely N-dealkylation sites (tertiary alicyclic amines) is 1. The minimum atomic E-state index is -0.0513. The zero-order valence-corrected chi connectivity index (χ0v) is 19.2. The normalized spacial score (nSPS) is 15.6. The molecule has 34 heavy (non-hydrogen) atoms. The van der Waals surface area contributed by atoms with Crippen molar-refractivity contribution in [3.8, 4) is 11.6 Å². The maximum absolute atomic E-state index is 11.9. The fourth-order valence-corrected chi connectivity index (χ4v) is 4.57. The molecule has 1 aliphatic rings. The van der Waals surface area contributed by atoms with Gasteiger partial charge in [-0.25, -0.2) is 15.0 Å². The molecule has 10 heteroatoms. The maximum atomic E-state index is 11.9. The first-order chi connectivity index (χ1) is 16.7. The number of thiazole rings is 1. The second kappa shape index (κ2) is 9.84. The topological polar surface area (TPSA) is 105 Å². The van der Waals surface area contributed by atoms with Gasteiger partial charge in [0.1, 0.15) is 21.9 Å². The monoisotopic (exact) mass is 473 g/mol. The Hall–Kier alpha value is -4.05. The molecule has 0 radical (unpaired) electrons. The Bertz CT molecular complexity index is 1310. The second-order valence-electron chi connectivity index (χ2n) is 7.77. The summed E-state index contributed by atoms with van der Waals surface area (Å²) in [6.07, 6.45) is 4.90. The lowest BCUT2D eigenvalue weighted by molar-refractivity contribution is -0.127. The number of pyridine rings is 1. The summed E-state index contributed by atoms with van der Waals surface area (Å²) in [6, 6.07) is 15.1. The molecule has 0 saturated carbocycles. The number of hydrogen-bond acceptors (Lipinski definition) is 9. The Morgan fingerprint density at radius 2 is 2.03 bits per heavy atom. The number of piperidine rings is 1. The molecular formula is C24H23N7O2S. The summed E-state index contributed by atoms with van der Waals surface area (Å²) in [5.41, 5.74) is 0.773. The van der Waals surface area contributed by atoms with Crippen molar-refractivity contribution in [2.24, 2.45) is 0 Å². The lowest BCUT2D eigenvalue weighted by Gasteiger charge is -2.32. The van der Waals surface area contributed by atoms with E-state index in [-0.39, 0.29) is 11.9 Å². The van der Waals surface area contributed by atoms with Crippen LogP contribution in [0.3, 0.4) is 0 Å². The number of fused-ring (bicyclic) bond motifs is 1. The van der Waals surface area contributed by atoms with Crippen LogP contribution in [0, 0.1) is 0 Å². The zero-order valence-electron chi connectivity index (χ0n) is 18.3. The SMILES string of the molecule is C=CC(=O)N1CCCC(Nc2nccc(Nc3nc4ccc(Oc5ccccc5)nc4s3)n2)C1. The van der Waals surface area contributed by atoms with E-state index in [0.717, 1.165) is 35.5 Å². The summed E-state index contributed by atoms with van der Waals surface area (Å²) in [4.78, 5) is 32.5. The standard InChI is InChI=1S/C24H23N7O2S/c1-2-21(32)31-14-6-7-16(15-31)26-23-25-13-12-19(28-23)29-24-27-18-10-11-20(30-22(18)34-24)33-17-8-4-3-5-9-17/h2-5,8-13,16H,1,6-7,14-15H2,(H2,25,26,27,28,29). The summed E-state index contributed by atoms with van der Waals surface area (Å²) in [7, 11) is 0. The van der Waals surface area contributed by atoms with E-state index < -0.39 is 0 Å². The number of anilines is 3. The predicted molar refractivity (Wildman–Crippen MR) is 133 cm³/mol. The molecule has 1 aromatic carbocycles. The second-order valence-corrected chi connectivity index (χ2v) is 8.75. The average Bonchev–Trinajstić information content (AvgIpc) is 3.26. The molecule has 0 bridgehead atoms. The summed E-state index contributed by atoms with van der Waals surface area (Å²) < 4.78 is 5.82. The van der Waals surface area contributed by atoms with Crippen molar-refractivity contribution in [3.63, 3.8) is 0 Å². The Morgan fingerprint density at radius 1 is 1.15 bits per heavy atom. The number of nitrogens with one attached hydrogen (secondary N) is 2. The smallest absolute Gasteiger partial charge is 0.246 e. The van der Waals surface area contributed by atoms with Crippen LogP contribution < -0.4 is 15.4 Å².